The van der Waals surface area contributed by atoms with E-state index in [-0.39, 0.29) is 0 Å². The first-order valence-electron chi connectivity index (χ1n) is 14.7. The van der Waals surface area contributed by atoms with Crippen LogP contribution in [0, 0.1) is 0 Å². The van der Waals surface area contributed by atoms with Gasteiger partial charge in [-0.3, -0.25) is 0 Å². The summed E-state index contributed by atoms with van der Waals surface area (Å²) in [6.07, 6.45) is 28.2. The molecule has 0 fully saturated rings. The summed E-state index contributed by atoms with van der Waals surface area (Å²) in [5.41, 5.74) is 0. The van der Waals surface area contributed by atoms with Crippen molar-refractivity contribution in [2.75, 3.05) is 25.2 Å². The lowest BCUT2D eigenvalue weighted by Crippen LogP contribution is -2.45. The maximum atomic E-state index is 5.95. The Morgan fingerprint density at radius 2 is 0.636 bits per heavy atom. The smallest absolute Gasteiger partial charge is 0.374 e. The van der Waals surface area contributed by atoms with Gasteiger partial charge in [0.05, 0.1) is 0 Å². The fraction of sp³-hybridized carbons (Fsp3) is 1.00. The Morgan fingerprint density at radius 3 is 0.879 bits per heavy atom. The molecule has 0 aromatic heterocycles. The van der Waals surface area contributed by atoms with Crippen molar-refractivity contribution in [2.24, 2.45) is 0 Å². The Balaban J connectivity index is 3.35. The van der Waals surface area contributed by atoms with Crippen molar-refractivity contribution in [1.29, 1.82) is 0 Å². The van der Waals surface area contributed by atoms with Crippen LogP contribution in [-0.2, 0) is 13.3 Å². The van der Waals surface area contributed by atoms with Crippen LogP contribution < -0.4 is 0 Å². The van der Waals surface area contributed by atoms with Crippen LogP contribution in [0.15, 0.2) is 0 Å². The summed E-state index contributed by atoms with van der Waals surface area (Å²) in [5.74, 6) is 0. The fourth-order valence-electron chi connectivity index (χ4n) is 4.62. The molecular weight excluding hydrogens is 492 g/mol. The minimum Gasteiger partial charge on any atom is -0.374 e. The van der Waals surface area contributed by atoms with Crippen molar-refractivity contribution in [2.45, 2.75) is 155 Å². The van der Waals surface area contributed by atoms with E-state index in [1.54, 1.807) is 0 Å². The SMILES string of the molecule is CCO[Si](CCCCCCCCCCCCCCCCCCCCCCBr)(OCC)OCC. The summed E-state index contributed by atoms with van der Waals surface area (Å²) in [6.45, 7) is 8.17. The van der Waals surface area contributed by atoms with Crippen molar-refractivity contribution < 1.29 is 13.3 Å². The molecule has 0 aliphatic rings. The zero-order chi connectivity index (χ0) is 24.3. The van der Waals surface area contributed by atoms with Crippen molar-refractivity contribution in [3.8, 4) is 0 Å². The molecule has 0 saturated heterocycles. The first-order chi connectivity index (χ1) is 16.2. The quantitative estimate of drug-likeness (QED) is 0.0550. The van der Waals surface area contributed by atoms with Gasteiger partial charge in [-0.15, -0.1) is 0 Å². The van der Waals surface area contributed by atoms with Crippen LogP contribution in [0.2, 0.25) is 6.04 Å². The zero-order valence-corrected chi connectivity index (χ0v) is 25.4. The average molecular weight is 552 g/mol. The Morgan fingerprint density at radius 1 is 0.394 bits per heavy atom. The van der Waals surface area contributed by atoms with Crippen LogP contribution in [0.5, 0.6) is 0 Å². The van der Waals surface area contributed by atoms with Gasteiger partial charge in [-0.25, -0.2) is 0 Å². The Bertz CT molecular complexity index is 354. The maximum Gasteiger partial charge on any atom is 0.500 e. The topological polar surface area (TPSA) is 27.7 Å². The molecule has 0 aliphatic carbocycles. The minimum absolute atomic E-state index is 0.685. The van der Waals surface area contributed by atoms with E-state index in [1.807, 2.05) is 20.8 Å². The van der Waals surface area contributed by atoms with Gasteiger partial charge in [-0.2, -0.15) is 0 Å². The second-order valence-corrected chi connectivity index (χ2v) is 13.0. The van der Waals surface area contributed by atoms with Crippen LogP contribution in [0.3, 0.4) is 0 Å². The molecular formula is C28H59BrO3Si. The van der Waals surface area contributed by atoms with Crippen LogP contribution in [-0.4, -0.2) is 34.0 Å². The summed E-state index contributed by atoms with van der Waals surface area (Å²) in [5, 5.41) is 1.18. The molecule has 0 aromatic rings. The van der Waals surface area contributed by atoms with Gasteiger partial charge in [0, 0.05) is 31.2 Å². The van der Waals surface area contributed by atoms with Crippen molar-refractivity contribution in [3.05, 3.63) is 0 Å². The normalized spacial score (nSPS) is 12.0. The van der Waals surface area contributed by atoms with E-state index in [0.717, 1.165) is 6.04 Å². The standard InChI is InChI=1S/C28H59BrO3Si/c1-4-30-33(31-5-2,32-6-3)28-26-24-22-20-18-16-14-12-10-8-7-9-11-13-15-17-19-21-23-25-27-29/h4-28H2,1-3H3. The van der Waals surface area contributed by atoms with Gasteiger partial charge >= 0.3 is 8.80 Å². The molecule has 33 heavy (non-hydrogen) atoms. The summed E-state index contributed by atoms with van der Waals surface area (Å²) < 4.78 is 17.8. The van der Waals surface area contributed by atoms with Gasteiger partial charge in [0.25, 0.3) is 0 Å². The highest BCUT2D eigenvalue weighted by molar-refractivity contribution is 9.09. The number of hydrogen-bond donors (Lipinski definition) is 0. The first-order valence-corrected chi connectivity index (χ1v) is 17.8. The number of rotatable bonds is 28. The number of halogens is 1. The molecule has 0 spiro atoms. The Hall–Kier alpha value is 0.577. The van der Waals surface area contributed by atoms with Gasteiger partial charge in [0.1, 0.15) is 0 Å². The first kappa shape index (κ1) is 33.6. The molecule has 0 amide bonds. The van der Waals surface area contributed by atoms with Crippen molar-refractivity contribution in [3.63, 3.8) is 0 Å². The van der Waals surface area contributed by atoms with E-state index < -0.39 is 8.80 Å². The largest absolute Gasteiger partial charge is 0.500 e. The number of alkyl halides is 1. The van der Waals surface area contributed by atoms with Gasteiger partial charge in [0.2, 0.25) is 0 Å². The summed E-state index contributed by atoms with van der Waals surface area (Å²) in [4.78, 5) is 0. The third kappa shape index (κ3) is 22.8. The van der Waals surface area contributed by atoms with E-state index in [9.17, 15) is 0 Å². The van der Waals surface area contributed by atoms with Crippen LogP contribution in [0.4, 0.5) is 0 Å². The zero-order valence-electron chi connectivity index (χ0n) is 22.8. The van der Waals surface area contributed by atoms with Crippen LogP contribution in [0.25, 0.3) is 0 Å². The van der Waals surface area contributed by atoms with E-state index in [4.69, 9.17) is 13.3 Å². The van der Waals surface area contributed by atoms with Gasteiger partial charge < -0.3 is 13.3 Å². The second kappa shape index (κ2) is 27.2. The molecule has 0 atom stereocenters. The van der Waals surface area contributed by atoms with Gasteiger partial charge in [-0.05, 0) is 33.6 Å². The van der Waals surface area contributed by atoms with E-state index in [2.05, 4.69) is 15.9 Å². The third-order valence-electron chi connectivity index (χ3n) is 6.46. The maximum absolute atomic E-state index is 5.95. The Labute approximate surface area is 218 Å². The predicted octanol–water partition coefficient (Wildman–Crippen LogP) is 10.2. The summed E-state index contributed by atoms with van der Waals surface area (Å²) in [6, 6.07) is 0.972. The summed E-state index contributed by atoms with van der Waals surface area (Å²) in [7, 11) is -2.41. The lowest BCUT2D eigenvalue weighted by atomic mass is 10.0. The molecule has 3 nitrogen and oxygen atoms in total. The van der Waals surface area contributed by atoms with Crippen molar-refractivity contribution in [1.82, 2.24) is 0 Å². The molecule has 0 heterocycles. The molecule has 0 N–H and O–H groups in total. The third-order valence-corrected chi connectivity index (χ3v) is 10.2. The highest BCUT2D eigenvalue weighted by atomic mass is 79.9. The van der Waals surface area contributed by atoms with E-state index in [0.29, 0.717) is 19.8 Å². The molecule has 0 rings (SSSR count). The monoisotopic (exact) mass is 550 g/mol. The molecule has 0 bridgehead atoms. The lowest BCUT2D eigenvalue weighted by Gasteiger charge is -2.28. The van der Waals surface area contributed by atoms with Crippen molar-refractivity contribution >= 4 is 24.7 Å². The van der Waals surface area contributed by atoms with Crippen LogP contribution in [0.1, 0.15) is 149 Å². The predicted molar refractivity (Wildman–Crippen MR) is 152 cm³/mol. The highest BCUT2D eigenvalue weighted by Gasteiger charge is 2.39. The lowest BCUT2D eigenvalue weighted by molar-refractivity contribution is 0.0706. The number of hydrogen-bond acceptors (Lipinski definition) is 3. The fourth-order valence-corrected chi connectivity index (χ4v) is 7.70. The van der Waals surface area contributed by atoms with E-state index >= 15 is 0 Å². The molecule has 0 radical (unpaired) electrons. The Kier molecular flexibility index (Phi) is 27.6. The van der Waals surface area contributed by atoms with Gasteiger partial charge in [0.15, 0.2) is 0 Å². The average Bonchev–Trinajstić information content (AvgIpc) is 2.80. The molecule has 0 unspecified atom stereocenters. The molecule has 0 aromatic carbocycles. The number of unbranched alkanes of at least 4 members (excludes halogenated alkanes) is 19. The van der Waals surface area contributed by atoms with Crippen LogP contribution >= 0.6 is 15.9 Å². The minimum atomic E-state index is -2.41. The van der Waals surface area contributed by atoms with E-state index in [1.165, 1.54) is 134 Å². The second-order valence-electron chi connectivity index (χ2n) is 9.49. The molecule has 5 heteroatoms. The molecule has 0 aliphatic heterocycles. The highest BCUT2D eigenvalue weighted by Crippen LogP contribution is 2.21. The molecule has 200 valence electrons. The van der Waals surface area contributed by atoms with Gasteiger partial charge in [-0.1, -0.05) is 132 Å². The molecule has 0 saturated carbocycles. The summed E-state index contributed by atoms with van der Waals surface area (Å²) >= 11 is 3.51.